The van der Waals surface area contributed by atoms with Crippen molar-refractivity contribution in [3.63, 3.8) is 0 Å². The average molecular weight is 322 g/mol. The smallest absolute Gasteiger partial charge is 0.181 e. The molecule has 1 heterocycles. The van der Waals surface area contributed by atoms with Gasteiger partial charge >= 0.3 is 0 Å². The molecule has 0 saturated carbocycles. The molecule has 5 nitrogen and oxygen atoms in total. The maximum absolute atomic E-state index is 5.73. The van der Waals surface area contributed by atoms with E-state index in [1.807, 2.05) is 30.3 Å². The van der Waals surface area contributed by atoms with Gasteiger partial charge < -0.3 is 10.5 Å². The second-order valence-electron chi connectivity index (χ2n) is 6.79. The van der Waals surface area contributed by atoms with Crippen molar-refractivity contribution >= 4 is 5.69 Å². The van der Waals surface area contributed by atoms with Crippen LogP contribution in [0.25, 0.3) is 11.4 Å². The van der Waals surface area contributed by atoms with Crippen molar-refractivity contribution < 1.29 is 4.74 Å². The molecule has 0 spiro atoms. The highest BCUT2D eigenvalue weighted by Crippen LogP contribution is 2.24. The van der Waals surface area contributed by atoms with Crippen LogP contribution in [-0.2, 0) is 12.0 Å². The van der Waals surface area contributed by atoms with E-state index in [-0.39, 0.29) is 5.41 Å². The van der Waals surface area contributed by atoms with E-state index in [9.17, 15) is 0 Å². The van der Waals surface area contributed by atoms with Gasteiger partial charge in [0.1, 0.15) is 12.4 Å². The van der Waals surface area contributed by atoms with Crippen LogP contribution in [0.2, 0.25) is 0 Å². The van der Waals surface area contributed by atoms with Gasteiger partial charge in [0.15, 0.2) is 11.6 Å². The lowest BCUT2D eigenvalue weighted by atomic mass is 9.87. The molecule has 3 aromatic rings. The van der Waals surface area contributed by atoms with Crippen LogP contribution in [0.1, 0.15) is 32.2 Å². The van der Waals surface area contributed by atoms with Gasteiger partial charge in [-0.15, -0.1) is 0 Å². The topological polar surface area (TPSA) is 76.8 Å². The Morgan fingerprint density at radius 1 is 1.08 bits per heavy atom. The first kappa shape index (κ1) is 16.1. The minimum absolute atomic E-state index is 0.133. The fourth-order valence-electron chi connectivity index (χ4n) is 2.36. The molecule has 0 fully saturated rings. The number of rotatable bonds is 4. The van der Waals surface area contributed by atoms with Crippen molar-refractivity contribution in [1.29, 1.82) is 0 Å². The Morgan fingerprint density at radius 2 is 1.83 bits per heavy atom. The molecule has 0 aliphatic carbocycles. The molecule has 124 valence electrons. The van der Waals surface area contributed by atoms with E-state index in [1.54, 1.807) is 6.07 Å². The van der Waals surface area contributed by atoms with E-state index >= 15 is 0 Å². The molecule has 0 unspecified atom stereocenters. The summed E-state index contributed by atoms with van der Waals surface area (Å²) in [5.74, 6) is 2.05. The summed E-state index contributed by atoms with van der Waals surface area (Å²) in [4.78, 5) is 4.49. The molecule has 5 heteroatoms. The molecule has 24 heavy (non-hydrogen) atoms. The number of nitrogen functional groups attached to an aromatic ring is 1. The van der Waals surface area contributed by atoms with Crippen molar-refractivity contribution in [2.24, 2.45) is 0 Å². The lowest BCUT2D eigenvalue weighted by molar-refractivity contribution is 0.296. The number of ether oxygens (including phenoxy) is 1. The molecular weight excluding hydrogens is 300 g/mol. The number of aromatic amines is 1. The van der Waals surface area contributed by atoms with E-state index in [0.717, 1.165) is 5.56 Å². The van der Waals surface area contributed by atoms with Crippen LogP contribution in [0.4, 0.5) is 5.69 Å². The molecule has 0 atom stereocenters. The van der Waals surface area contributed by atoms with Gasteiger partial charge in [-0.1, -0.05) is 51.1 Å². The number of nitrogens with zero attached hydrogens (tertiary/aromatic N) is 2. The van der Waals surface area contributed by atoms with E-state index in [4.69, 9.17) is 10.5 Å². The van der Waals surface area contributed by atoms with E-state index < -0.39 is 0 Å². The lowest BCUT2D eigenvalue weighted by Gasteiger charge is -2.18. The van der Waals surface area contributed by atoms with E-state index in [2.05, 4.69) is 48.1 Å². The number of H-pyrrole nitrogens is 1. The predicted molar refractivity (Wildman–Crippen MR) is 95.7 cm³/mol. The molecule has 0 radical (unpaired) electrons. The second-order valence-corrected chi connectivity index (χ2v) is 6.79. The Balaban J connectivity index is 1.69. The predicted octanol–water partition coefficient (Wildman–Crippen LogP) is 3.93. The van der Waals surface area contributed by atoms with Gasteiger partial charge in [-0.2, -0.15) is 5.10 Å². The minimum Gasteiger partial charge on any atom is -0.486 e. The Morgan fingerprint density at radius 3 is 2.50 bits per heavy atom. The first-order valence-electron chi connectivity index (χ1n) is 7.92. The van der Waals surface area contributed by atoms with Crippen LogP contribution in [0.15, 0.2) is 48.5 Å². The number of benzene rings is 2. The number of nitrogens with two attached hydrogens (primary N) is 1. The molecular formula is C19H22N4O. The Kier molecular flexibility index (Phi) is 4.25. The summed E-state index contributed by atoms with van der Waals surface area (Å²) >= 11 is 0. The van der Waals surface area contributed by atoms with Crippen molar-refractivity contribution in [3.8, 4) is 17.1 Å². The third kappa shape index (κ3) is 3.74. The Hall–Kier alpha value is -2.82. The van der Waals surface area contributed by atoms with Crippen molar-refractivity contribution in [2.45, 2.75) is 32.8 Å². The summed E-state index contributed by atoms with van der Waals surface area (Å²) < 4.78 is 5.67. The summed E-state index contributed by atoms with van der Waals surface area (Å²) in [6.45, 7) is 6.90. The van der Waals surface area contributed by atoms with E-state index in [1.165, 1.54) is 5.56 Å². The van der Waals surface area contributed by atoms with Crippen LogP contribution in [0.3, 0.4) is 0 Å². The van der Waals surface area contributed by atoms with Gasteiger partial charge in [0.25, 0.3) is 0 Å². The number of hydrogen-bond donors (Lipinski definition) is 2. The molecule has 2 aromatic carbocycles. The molecule has 0 amide bonds. The molecule has 3 rings (SSSR count). The molecule has 1 aromatic heterocycles. The highest BCUT2D eigenvalue weighted by atomic mass is 16.5. The number of hydrogen-bond acceptors (Lipinski definition) is 4. The van der Waals surface area contributed by atoms with Gasteiger partial charge in [0, 0.05) is 17.3 Å². The quantitative estimate of drug-likeness (QED) is 0.714. The molecule has 0 aliphatic heterocycles. The van der Waals surface area contributed by atoms with Gasteiger partial charge in [-0.05, 0) is 23.1 Å². The number of nitrogens with one attached hydrogen (secondary N) is 1. The Bertz CT molecular complexity index is 816. The summed E-state index contributed by atoms with van der Waals surface area (Å²) in [6, 6.07) is 15.6. The van der Waals surface area contributed by atoms with Crippen molar-refractivity contribution in [1.82, 2.24) is 15.2 Å². The summed E-state index contributed by atoms with van der Waals surface area (Å²) in [7, 11) is 0. The maximum atomic E-state index is 5.73. The van der Waals surface area contributed by atoms with E-state index in [0.29, 0.717) is 29.7 Å². The highest BCUT2D eigenvalue weighted by molar-refractivity contribution is 5.55. The fraction of sp³-hybridized carbons (Fsp3) is 0.263. The zero-order valence-electron chi connectivity index (χ0n) is 14.2. The fourth-order valence-corrected chi connectivity index (χ4v) is 2.36. The largest absolute Gasteiger partial charge is 0.486 e. The van der Waals surface area contributed by atoms with Gasteiger partial charge in [0.2, 0.25) is 0 Å². The Labute approximate surface area is 141 Å². The van der Waals surface area contributed by atoms with Crippen molar-refractivity contribution in [3.05, 3.63) is 59.9 Å². The van der Waals surface area contributed by atoms with Gasteiger partial charge in [0.05, 0.1) is 0 Å². The highest BCUT2D eigenvalue weighted by Gasteiger charge is 2.14. The number of aromatic nitrogens is 3. The van der Waals surface area contributed by atoms with Gasteiger partial charge in [-0.3, -0.25) is 5.10 Å². The molecule has 0 bridgehead atoms. The first-order chi connectivity index (χ1) is 11.4. The zero-order valence-corrected chi connectivity index (χ0v) is 14.2. The summed E-state index contributed by atoms with van der Waals surface area (Å²) in [5, 5.41) is 7.18. The third-order valence-electron chi connectivity index (χ3n) is 3.77. The normalized spacial score (nSPS) is 11.5. The summed E-state index contributed by atoms with van der Waals surface area (Å²) in [5.41, 5.74) is 8.80. The monoisotopic (exact) mass is 322 g/mol. The number of anilines is 1. The van der Waals surface area contributed by atoms with Crippen LogP contribution >= 0.6 is 0 Å². The van der Waals surface area contributed by atoms with Crippen molar-refractivity contribution in [2.75, 3.05) is 5.73 Å². The molecule has 0 saturated heterocycles. The minimum atomic E-state index is 0.133. The third-order valence-corrected chi connectivity index (χ3v) is 3.77. The standard InChI is InChI=1S/C19H22N4O/c1-19(2,3)14-9-7-13(8-10-14)18-21-17(22-23-18)12-24-16-6-4-5-15(20)11-16/h4-11H,12,20H2,1-3H3,(H,21,22,23). The SMILES string of the molecule is CC(C)(C)c1ccc(-c2n[nH]c(COc3cccc(N)c3)n2)cc1. The molecule has 3 N–H and O–H groups in total. The first-order valence-corrected chi connectivity index (χ1v) is 7.92. The van der Waals surface area contributed by atoms with Gasteiger partial charge in [-0.25, -0.2) is 4.98 Å². The molecule has 0 aliphatic rings. The van der Waals surface area contributed by atoms with Crippen LogP contribution in [0.5, 0.6) is 5.75 Å². The van der Waals surface area contributed by atoms with Crippen LogP contribution in [-0.4, -0.2) is 15.2 Å². The average Bonchev–Trinajstić information content (AvgIpc) is 3.01. The zero-order chi connectivity index (χ0) is 17.2. The lowest BCUT2D eigenvalue weighted by Crippen LogP contribution is -2.10. The van der Waals surface area contributed by atoms with Crippen LogP contribution in [0, 0.1) is 0 Å². The van der Waals surface area contributed by atoms with Crippen LogP contribution < -0.4 is 10.5 Å². The second kappa shape index (κ2) is 6.35. The summed E-state index contributed by atoms with van der Waals surface area (Å²) in [6.07, 6.45) is 0. The maximum Gasteiger partial charge on any atom is 0.181 e.